The number of carbonyl (C=O) groups is 1. The van der Waals surface area contributed by atoms with Gasteiger partial charge in [-0.3, -0.25) is 19.2 Å². The maximum Gasteiger partial charge on any atom is 0.270 e. The zero-order valence-corrected chi connectivity index (χ0v) is 14.8. The number of nitro benzene ring substituents is 1. The van der Waals surface area contributed by atoms with Crippen molar-refractivity contribution in [2.45, 2.75) is 4.90 Å². The highest BCUT2D eigenvalue weighted by Gasteiger charge is 2.29. The number of carbonyl (C=O) groups excluding carboxylic acids is 1. The van der Waals surface area contributed by atoms with Crippen molar-refractivity contribution >= 4 is 50.5 Å². The Hall–Kier alpha value is -2.36. The molecule has 0 fully saturated rings. The van der Waals surface area contributed by atoms with Crippen LogP contribution in [0.1, 0.15) is 0 Å². The van der Waals surface area contributed by atoms with E-state index in [1.165, 1.54) is 24.3 Å². The third kappa shape index (κ3) is 4.01. The van der Waals surface area contributed by atoms with Gasteiger partial charge in [0.25, 0.3) is 15.7 Å². The van der Waals surface area contributed by atoms with E-state index in [9.17, 15) is 23.3 Å². The first-order valence-corrected chi connectivity index (χ1v) is 8.83. The average Bonchev–Trinajstić information content (AvgIpc) is 2.55. The Morgan fingerprint density at radius 1 is 1.20 bits per heavy atom. The number of sulfonamides is 1. The molecule has 0 aromatic heterocycles. The van der Waals surface area contributed by atoms with E-state index in [2.05, 4.69) is 0 Å². The lowest BCUT2D eigenvalue weighted by molar-refractivity contribution is -0.385. The third-order valence-corrected chi connectivity index (χ3v) is 5.68. The van der Waals surface area contributed by atoms with Crippen LogP contribution < -0.4 is 10.0 Å². The van der Waals surface area contributed by atoms with Crippen LogP contribution in [0, 0.1) is 10.1 Å². The average molecular weight is 404 g/mol. The van der Waals surface area contributed by atoms with E-state index >= 15 is 0 Å². The summed E-state index contributed by atoms with van der Waals surface area (Å²) in [4.78, 5) is 21.1. The smallest absolute Gasteiger partial charge is 0.270 e. The molecular weight excluding hydrogens is 393 g/mol. The summed E-state index contributed by atoms with van der Waals surface area (Å²) in [6, 6.07) is 8.62. The lowest BCUT2D eigenvalue weighted by Gasteiger charge is -2.24. The molecule has 2 aromatic carbocycles. The van der Waals surface area contributed by atoms with Gasteiger partial charge < -0.3 is 5.73 Å². The zero-order valence-electron chi connectivity index (χ0n) is 12.4. The summed E-state index contributed by atoms with van der Waals surface area (Å²) < 4.78 is 26.5. The van der Waals surface area contributed by atoms with Gasteiger partial charge in [-0.15, -0.1) is 0 Å². The summed E-state index contributed by atoms with van der Waals surface area (Å²) in [6.07, 6.45) is 0. The molecule has 0 saturated carbocycles. The summed E-state index contributed by atoms with van der Waals surface area (Å²) in [7, 11) is -4.36. The summed E-state index contributed by atoms with van der Waals surface area (Å²) >= 11 is 11.9. The van der Waals surface area contributed by atoms with Crippen molar-refractivity contribution in [2.75, 3.05) is 10.8 Å². The number of hydrogen-bond donors (Lipinski definition) is 1. The van der Waals surface area contributed by atoms with Gasteiger partial charge in [0.15, 0.2) is 0 Å². The van der Waals surface area contributed by atoms with Crippen LogP contribution in [0.4, 0.5) is 11.4 Å². The van der Waals surface area contributed by atoms with Gasteiger partial charge in [0, 0.05) is 12.1 Å². The minimum absolute atomic E-state index is 0.0699. The van der Waals surface area contributed by atoms with Crippen molar-refractivity contribution in [3.05, 3.63) is 62.6 Å². The standard InChI is InChI=1S/C14H11Cl2N3O5S/c15-11-5-2-6-12(14(11)16)18(8-13(17)20)25(23,24)10-4-1-3-9(7-10)19(21)22/h1-7H,8H2,(H2,17,20). The fraction of sp³-hybridized carbons (Fsp3) is 0.0714. The van der Waals surface area contributed by atoms with Crippen molar-refractivity contribution in [1.29, 1.82) is 0 Å². The quantitative estimate of drug-likeness (QED) is 0.586. The molecule has 0 aliphatic rings. The van der Waals surface area contributed by atoms with Crippen molar-refractivity contribution in [3.63, 3.8) is 0 Å². The number of non-ortho nitro benzene ring substituents is 1. The summed E-state index contributed by atoms with van der Waals surface area (Å²) in [5, 5.41) is 10.9. The molecule has 0 saturated heterocycles. The topological polar surface area (TPSA) is 124 Å². The molecule has 2 aromatic rings. The van der Waals surface area contributed by atoms with Crippen LogP contribution in [-0.4, -0.2) is 25.8 Å². The molecular formula is C14H11Cl2N3O5S. The maximum atomic E-state index is 12.9. The number of halogens is 2. The van der Waals surface area contributed by atoms with Crippen LogP contribution >= 0.6 is 23.2 Å². The highest BCUT2D eigenvalue weighted by molar-refractivity contribution is 7.92. The molecule has 11 heteroatoms. The molecule has 25 heavy (non-hydrogen) atoms. The van der Waals surface area contributed by atoms with Crippen molar-refractivity contribution in [1.82, 2.24) is 0 Å². The zero-order chi connectivity index (χ0) is 18.8. The molecule has 0 atom stereocenters. The van der Waals surface area contributed by atoms with Crippen LogP contribution in [-0.2, 0) is 14.8 Å². The van der Waals surface area contributed by atoms with Crippen LogP contribution in [0.15, 0.2) is 47.4 Å². The highest BCUT2D eigenvalue weighted by Crippen LogP contribution is 2.35. The van der Waals surface area contributed by atoms with Gasteiger partial charge in [0.05, 0.1) is 25.6 Å². The largest absolute Gasteiger partial charge is 0.368 e. The van der Waals surface area contributed by atoms with Crippen molar-refractivity contribution < 1.29 is 18.1 Å². The Morgan fingerprint density at radius 3 is 2.44 bits per heavy atom. The summed E-state index contributed by atoms with van der Waals surface area (Å²) in [5.74, 6) is -0.940. The molecule has 0 aliphatic carbocycles. The molecule has 0 radical (unpaired) electrons. The van der Waals surface area contributed by atoms with E-state index in [1.807, 2.05) is 0 Å². The molecule has 8 nitrogen and oxygen atoms in total. The van der Waals surface area contributed by atoms with E-state index in [1.54, 1.807) is 0 Å². The minimum Gasteiger partial charge on any atom is -0.368 e. The summed E-state index contributed by atoms with van der Waals surface area (Å²) in [5.41, 5.74) is 4.65. The van der Waals surface area contributed by atoms with Crippen LogP contribution in [0.2, 0.25) is 10.0 Å². The van der Waals surface area contributed by atoms with Gasteiger partial charge in [0.1, 0.15) is 6.54 Å². The monoisotopic (exact) mass is 403 g/mol. The van der Waals surface area contributed by atoms with Crippen LogP contribution in [0.3, 0.4) is 0 Å². The number of primary amides is 1. The van der Waals surface area contributed by atoms with Crippen LogP contribution in [0.25, 0.3) is 0 Å². The predicted octanol–water partition coefficient (Wildman–Crippen LogP) is 2.58. The Bertz CT molecular complexity index is 949. The number of hydrogen-bond acceptors (Lipinski definition) is 5. The lowest BCUT2D eigenvalue weighted by Crippen LogP contribution is -2.38. The second kappa shape index (κ2) is 7.26. The Balaban J connectivity index is 2.64. The number of anilines is 1. The SMILES string of the molecule is NC(=O)CN(c1cccc(Cl)c1Cl)S(=O)(=O)c1cccc([N+](=O)[O-])c1. The Morgan fingerprint density at radius 2 is 1.84 bits per heavy atom. The summed E-state index contributed by atoms with van der Waals surface area (Å²) in [6.45, 7) is -0.717. The van der Waals surface area contributed by atoms with Gasteiger partial charge in [-0.1, -0.05) is 35.3 Å². The van der Waals surface area contributed by atoms with Gasteiger partial charge >= 0.3 is 0 Å². The maximum absolute atomic E-state index is 12.9. The number of amides is 1. The number of benzene rings is 2. The number of nitro groups is 1. The molecule has 0 heterocycles. The molecule has 132 valence electrons. The molecule has 1 amide bonds. The molecule has 0 spiro atoms. The first-order valence-electron chi connectivity index (χ1n) is 6.64. The van der Waals surface area contributed by atoms with Gasteiger partial charge in [0.2, 0.25) is 5.91 Å². The molecule has 0 unspecified atom stereocenters. The second-order valence-corrected chi connectivity index (χ2v) is 7.45. The highest BCUT2D eigenvalue weighted by atomic mass is 35.5. The molecule has 2 N–H and O–H groups in total. The van der Waals surface area contributed by atoms with Crippen LogP contribution in [0.5, 0.6) is 0 Å². The molecule has 2 rings (SSSR count). The Labute approximate surface area is 152 Å². The van der Waals surface area contributed by atoms with E-state index in [0.717, 1.165) is 18.2 Å². The normalized spacial score (nSPS) is 11.1. The van der Waals surface area contributed by atoms with Crippen molar-refractivity contribution in [2.24, 2.45) is 5.73 Å². The molecule has 0 aliphatic heterocycles. The van der Waals surface area contributed by atoms with E-state index in [-0.39, 0.29) is 20.6 Å². The van der Waals surface area contributed by atoms with E-state index in [4.69, 9.17) is 28.9 Å². The number of nitrogens with two attached hydrogens (primary N) is 1. The molecule has 0 bridgehead atoms. The second-order valence-electron chi connectivity index (χ2n) is 4.81. The lowest BCUT2D eigenvalue weighted by atomic mass is 10.3. The third-order valence-electron chi connectivity index (χ3n) is 3.12. The number of nitrogens with zero attached hydrogens (tertiary/aromatic N) is 2. The fourth-order valence-electron chi connectivity index (χ4n) is 2.01. The van der Waals surface area contributed by atoms with Gasteiger partial charge in [-0.25, -0.2) is 8.42 Å². The predicted molar refractivity (Wildman–Crippen MR) is 93.3 cm³/mol. The van der Waals surface area contributed by atoms with Crippen molar-refractivity contribution in [3.8, 4) is 0 Å². The van der Waals surface area contributed by atoms with Gasteiger partial charge in [-0.05, 0) is 18.2 Å². The Kier molecular flexibility index (Phi) is 5.51. The van der Waals surface area contributed by atoms with E-state index in [0.29, 0.717) is 4.31 Å². The minimum atomic E-state index is -4.36. The number of rotatable bonds is 6. The van der Waals surface area contributed by atoms with Gasteiger partial charge in [-0.2, -0.15) is 0 Å². The fourth-order valence-corrected chi connectivity index (χ4v) is 3.94. The first kappa shape index (κ1) is 19.0. The van der Waals surface area contributed by atoms with E-state index < -0.39 is 33.1 Å². The first-order chi connectivity index (χ1) is 11.6.